The summed E-state index contributed by atoms with van der Waals surface area (Å²) < 4.78 is 4.86. The molecular formula is C15H26N4O2. The topological polar surface area (TPSA) is 76.1 Å². The van der Waals surface area contributed by atoms with Crippen LogP contribution in [0.1, 0.15) is 39.1 Å². The SMILES string of the molecule is CCNc1nc(CC)nc(NC(C(=O)OC)C(C)C)c1C. The van der Waals surface area contributed by atoms with Gasteiger partial charge in [0.2, 0.25) is 0 Å². The van der Waals surface area contributed by atoms with E-state index < -0.39 is 6.04 Å². The van der Waals surface area contributed by atoms with Crippen LogP contribution in [0.15, 0.2) is 0 Å². The molecule has 1 atom stereocenters. The molecule has 0 aliphatic rings. The molecule has 1 rings (SSSR count). The fourth-order valence-corrected chi connectivity index (χ4v) is 1.97. The number of hydrogen-bond acceptors (Lipinski definition) is 6. The molecule has 0 radical (unpaired) electrons. The van der Waals surface area contributed by atoms with E-state index in [0.717, 1.165) is 30.2 Å². The Morgan fingerprint density at radius 3 is 2.33 bits per heavy atom. The third-order valence-corrected chi connectivity index (χ3v) is 3.27. The summed E-state index contributed by atoms with van der Waals surface area (Å²) in [5.74, 6) is 2.04. The fourth-order valence-electron chi connectivity index (χ4n) is 1.97. The van der Waals surface area contributed by atoms with Crippen LogP contribution in [0, 0.1) is 12.8 Å². The maximum absolute atomic E-state index is 11.9. The highest BCUT2D eigenvalue weighted by molar-refractivity contribution is 5.79. The van der Waals surface area contributed by atoms with Crippen LogP contribution in [0.3, 0.4) is 0 Å². The van der Waals surface area contributed by atoms with Crippen molar-refractivity contribution < 1.29 is 9.53 Å². The molecule has 0 aromatic carbocycles. The highest BCUT2D eigenvalue weighted by Gasteiger charge is 2.24. The Balaban J connectivity index is 3.15. The van der Waals surface area contributed by atoms with Crippen LogP contribution in [-0.4, -0.2) is 35.6 Å². The predicted octanol–water partition coefficient (Wildman–Crippen LogP) is 2.39. The largest absolute Gasteiger partial charge is 0.467 e. The number of methoxy groups -OCH3 is 1. The zero-order chi connectivity index (χ0) is 16.0. The smallest absolute Gasteiger partial charge is 0.328 e. The number of carbonyl (C=O) groups is 1. The fraction of sp³-hybridized carbons (Fsp3) is 0.667. The minimum atomic E-state index is -0.428. The number of esters is 1. The van der Waals surface area contributed by atoms with Crippen LogP contribution < -0.4 is 10.6 Å². The number of nitrogens with zero attached hydrogens (tertiary/aromatic N) is 2. The van der Waals surface area contributed by atoms with Crippen molar-refractivity contribution >= 4 is 17.6 Å². The molecule has 1 aromatic heterocycles. The van der Waals surface area contributed by atoms with Crippen LogP contribution in [0.4, 0.5) is 11.6 Å². The predicted molar refractivity (Wildman–Crippen MR) is 84.6 cm³/mol. The van der Waals surface area contributed by atoms with Gasteiger partial charge in [-0.25, -0.2) is 14.8 Å². The van der Waals surface area contributed by atoms with E-state index in [2.05, 4.69) is 20.6 Å². The molecule has 0 saturated heterocycles. The minimum Gasteiger partial charge on any atom is -0.467 e. The van der Waals surface area contributed by atoms with Gasteiger partial charge in [0.05, 0.1) is 7.11 Å². The monoisotopic (exact) mass is 294 g/mol. The van der Waals surface area contributed by atoms with Gasteiger partial charge < -0.3 is 15.4 Å². The van der Waals surface area contributed by atoms with Crippen LogP contribution in [0.5, 0.6) is 0 Å². The van der Waals surface area contributed by atoms with Gasteiger partial charge in [-0.05, 0) is 19.8 Å². The van der Waals surface area contributed by atoms with Crippen molar-refractivity contribution in [2.24, 2.45) is 5.92 Å². The second-order valence-electron chi connectivity index (χ2n) is 5.24. The lowest BCUT2D eigenvalue weighted by Gasteiger charge is -2.22. The quantitative estimate of drug-likeness (QED) is 0.752. The van der Waals surface area contributed by atoms with Gasteiger partial charge in [0.15, 0.2) is 0 Å². The number of nitrogens with one attached hydrogen (secondary N) is 2. The lowest BCUT2D eigenvalue weighted by molar-refractivity contribution is -0.142. The van der Waals surface area contributed by atoms with Gasteiger partial charge in [0.25, 0.3) is 0 Å². The van der Waals surface area contributed by atoms with Crippen molar-refractivity contribution in [3.8, 4) is 0 Å². The molecule has 1 aromatic rings. The van der Waals surface area contributed by atoms with E-state index in [1.165, 1.54) is 7.11 Å². The summed E-state index contributed by atoms with van der Waals surface area (Å²) in [4.78, 5) is 20.9. The lowest BCUT2D eigenvalue weighted by atomic mass is 10.0. The highest BCUT2D eigenvalue weighted by Crippen LogP contribution is 2.22. The first-order valence-corrected chi connectivity index (χ1v) is 7.40. The van der Waals surface area contributed by atoms with Crippen molar-refractivity contribution in [2.45, 2.75) is 47.1 Å². The molecule has 0 aliphatic heterocycles. The molecule has 0 saturated carbocycles. The molecule has 2 N–H and O–H groups in total. The first kappa shape index (κ1) is 17.2. The zero-order valence-electron chi connectivity index (χ0n) is 13.8. The summed E-state index contributed by atoms with van der Waals surface area (Å²) in [5.41, 5.74) is 0.906. The summed E-state index contributed by atoms with van der Waals surface area (Å²) in [5, 5.41) is 6.43. The Morgan fingerprint density at radius 1 is 1.24 bits per heavy atom. The number of ether oxygens (including phenoxy) is 1. The van der Waals surface area contributed by atoms with Gasteiger partial charge in [0.1, 0.15) is 23.5 Å². The van der Waals surface area contributed by atoms with Crippen molar-refractivity contribution in [1.82, 2.24) is 9.97 Å². The van der Waals surface area contributed by atoms with Gasteiger partial charge in [-0.1, -0.05) is 20.8 Å². The molecule has 0 spiro atoms. The summed E-state index contributed by atoms with van der Waals surface area (Å²) in [6, 6.07) is -0.428. The van der Waals surface area contributed by atoms with Crippen molar-refractivity contribution in [2.75, 3.05) is 24.3 Å². The first-order chi connectivity index (χ1) is 9.94. The van der Waals surface area contributed by atoms with E-state index in [9.17, 15) is 4.79 Å². The maximum atomic E-state index is 11.9. The maximum Gasteiger partial charge on any atom is 0.328 e. The van der Waals surface area contributed by atoms with Gasteiger partial charge in [-0.3, -0.25) is 0 Å². The molecule has 0 amide bonds. The van der Waals surface area contributed by atoms with Crippen molar-refractivity contribution in [3.05, 3.63) is 11.4 Å². The molecular weight excluding hydrogens is 268 g/mol. The van der Waals surface area contributed by atoms with E-state index in [1.807, 2.05) is 34.6 Å². The Hall–Kier alpha value is -1.85. The summed E-state index contributed by atoms with van der Waals surface area (Å²) >= 11 is 0. The lowest BCUT2D eigenvalue weighted by Crippen LogP contribution is -2.36. The molecule has 1 unspecified atom stereocenters. The normalized spacial score (nSPS) is 12.1. The third kappa shape index (κ3) is 4.31. The van der Waals surface area contributed by atoms with Crippen LogP contribution in [0.2, 0.25) is 0 Å². The second-order valence-corrected chi connectivity index (χ2v) is 5.24. The Kier molecular flexibility index (Phi) is 6.39. The summed E-state index contributed by atoms with van der Waals surface area (Å²) in [7, 11) is 1.40. The molecule has 0 fully saturated rings. The second kappa shape index (κ2) is 7.81. The van der Waals surface area contributed by atoms with E-state index >= 15 is 0 Å². The molecule has 6 heteroatoms. The Morgan fingerprint density at radius 2 is 1.86 bits per heavy atom. The summed E-state index contributed by atoms with van der Waals surface area (Å²) in [6.07, 6.45) is 0.734. The van der Waals surface area contributed by atoms with Crippen LogP contribution in [0.25, 0.3) is 0 Å². The molecule has 0 aliphatic carbocycles. The zero-order valence-corrected chi connectivity index (χ0v) is 13.8. The molecule has 118 valence electrons. The Bertz CT molecular complexity index is 489. The number of aryl methyl sites for hydroxylation is 1. The van der Waals surface area contributed by atoms with Gasteiger partial charge in [0, 0.05) is 18.5 Å². The van der Waals surface area contributed by atoms with E-state index in [1.54, 1.807) is 0 Å². The van der Waals surface area contributed by atoms with E-state index in [0.29, 0.717) is 5.82 Å². The number of aromatic nitrogens is 2. The standard InChI is InChI=1S/C15H26N4O2/c1-7-11-17-13(16-8-2)10(5)14(18-11)19-12(9(3)4)15(20)21-6/h9,12H,7-8H2,1-6H3,(H2,16,17,18,19). The number of anilines is 2. The number of rotatable bonds is 7. The van der Waals surface area contributed by atoms with Gasteiger partial charge >= 0.3 is 5.97 Å². The van der Waals surface area contributed by atoms with Gasteiger partial charge in [-0.15, -0.1) is 0 Å². The van der Waals surface area contributed by atoms with Crippen LogP contribution in [-0.2, 0) is 16.0 Å². The molecule has 0 bridgehead atoms. The number of carbonyl (C=O) groups excluding carboxylic acids is 1. The average Bonchev–Trinajstić information content (AvgIpc) is 2.47. The average molecular weight is 294 g/mol. The van der Waals surface area contributed by atoms with Gasteiger partial charge in [-0.2, -0.15) is 0 Å². The Labute approximate surface area is 126 Å². The van der Waals surface area contributed by atoms with Crippen LogP contribution >= 0.6 is 0 Å². The molecule has 6 nitrogen and oxygen atoms in total. The highest BCUT2D eigenvalue weighted by atomic mass is 16.5. The number of hydrogen-bond donors (Lipinski definition) is 2. The van der Waals surface area contributed by atoms with Crippen molar-refractivity contribution in [1.29, 1.82) is 0 Å². The molecule has 21 heavy (non-hydrogen) atoms. The van der Waals surface area contributed by atoms with E-state index in [4.69, 9.17) is 4.74 Å². The summed E-state index contributed by atoms with van der Waals surface area (Å²) in [6.45, 7) is 10.7. The minimum absolute atomic E-state index is 0.0967. The third-order valence-electron chi connectivity index (χ3n) is 3.27. The van der Waals surface area contributed by atoms with E-state index in [-0.39, 0.29) is 11.9 Å². The van der Waals surface area contributed by atoms with Crippen molar-refractivity contribution in [3.63, 3.8) is 0 Å². The first-order valence-electron chi connectivity index (χ1n) is 7.40. The molecule has 1 heterocycles.